The van der Waals surface area contributed by atoms with E-state index >= 15 is 0 Å². The van der Waals surface area contributed by atoms with Crippen molar-refractivity contribution < 1.29 is 14.2 Å². The lowest BCUT2D eigenvalue weighted by atomic mass is 10.2. The molecular formula is C14H16BrN3O3S. The molecule has 6 nitrogen and oxygen atoms in total. The van der Waals surface area contributed by atoms with Gasteiger partial charge >= 0.3 is 0 Å². The molecule has 0 aliphatic carbocycles. The Labute approximate surface area is 142 Å². The van der Waals surface area contributed by atoms with Crippen molar-refractivity contribution in [3.8, 4) is 11.5 Å². The molecule has 0 spiro atoms. The zero-order valence-electron chi connectivity index (χ0n) is 11.8. The Bertz CT molecular complexity index is 591. The maximum absolute atomic E-state index is 5.52. The minimum Gasteiger partial charge on any atom is -0.454 e. The summed E-state index contributed by atoms with van der Waals surface area (Å²) in [4.78, 5) is 0. The van der Waals surface area contributed by atoms with Crippen LogP contribution in [0.5, 0.6) is 11.5 Å². The van der Waals surface area contributed by atoms with E-state index < -0.39 is 0 Å². The van der Waals surface area contributed by atoms with Gasteiger partial charge in [0.1, 0.15) is 0 Å². The number of benzene rings is 1. The van der Waals surface area contributed by atoms with Gasteiger partial charge in [0.25, 0.3) is 0 Å². The summed E-state index contributed by atoms with van der Waals surface area (Å²) >= 11 is 8.64. The van der Waals surface area contributed by atoms with Crippen molar-refractivity contribution in [1.29, 1.82) is 0 Å². The van der Waals surface area contributed by atoms with Crippen LogP contribution in [0.25, 0.3) is 0 Å². The number of thiocarbonyl (C=S) groups is 1. The predicted molar refractivity (Wildman–Crippen MR) is 90.6 cm³/mol. The number of hydrogen-bond donors (Lipinski definition) is 2. The molecule has 2 N–H and O–H groups in total. The molecule has 1 aromatic carbocycles. The van der Waals surface area contributed by atoms with Crippen LogP contribution < -0.4 is 20.2 Å². The van der Waals surface area contributed by atoms with Gasteiger partial charge in [0.2, 0.25) is 6.79 Å². The molecule has 22 heavy (non-hydrogen) atoms. The highest BCUT2D eigenvalue weighted by atomic mass is 79.9. The lowest BCUT2D eigenvalue weighted by molar-refractivity contribution is 0.114. The van der Waals surface area contributed by atoms with Crippen LogP contribution in [-0.2, 0) is 4.74 Å². The summed E-state index contributed by atoms with van der Waals surface area (Å²) in [6, 6.07) is 3.72. The number of ether oxygens (including phenoxy) is 3. The largest absolute Gasteiger partial charge is 0.454 e. The van der Waals surface area contributed by atoms with E-state index in [1.54, 1.807) is 6.21 Å². The van der Waals surface area contributed by atoms with Gasteiger partial charge in [-0.15, -0.1) is 0 Å². The van der Waals surface area contributed by atoms with E-state index in [1.807, 2.05) is 12.1 Å². The highest BCUT2D eigenvalue weighted by Gasteiger charge is 2.16. The monoisotopic (exact) mass is 385 g/mol. The fraction of sp³-hybridized carbons (Fsp3) is 0.429. The van der Waals surface area contributed by atoms with Crippen LogP contribution in [0.2, 0.25) is 0 Å². The van der Waals surface area contributed by atoms with E-state index in [1.165, 1.54) is 0 Å². The minimum absolute atomic E-state index is 0.242. The highest BCUT2D eigenvalue weighted by molar-refractivity contribution is 9.10. The molecule has 0 amide bonds. The third-order valence-electron chi connectivity index (χ3n) is 3.38. The Morgan fingerprint density at radius 1 is 1.41 bits per heavy atom. The van der Waals surface area contributed by atoms with Crippen LogP contribution >= 0.6 is 28.1 Å². The average molecular weight is 386 g/mol. The molecule has 1 saturated heterocycles. The summed E-state index contributed by atoms with van der Waals surface area (Å²) in [5.74, 6) is 1.44. The van der Waals surface area contributed by atoms with Crippen LogP contribution in [0, 0.1) is 0 Å². The van der Waals surface area contributed by atoms with Crippen molar-refractivity contribution in [2.24, 2.45) is 5.10 Å². The summed E-state index contributed by atoms with van der Waals surface area (Å²) in [5, 5.41) is 7.70. The van der Waals surface area contributed by atoms with Gasteiger partial charge in [-0.2, -0.15) is 5.10 Å². The minimum atomic E-state index is 0.242. The summed E-state index contributed by atoms with van der Waals surface area (Å²) in [7, 11) is 0. The molecule has 3 rings (SSSR count). The number of fused-ring (bicyclic) bond motifs is 1. The number of hydrogen-bond acceptors (Lipinski definition) is 5. The smallest absolute Gasteiger partial charge is 0.231 e. The first kappa shape index (κ1) is 15.5. The molecule has 8 heteroatoms. The molecule has 1 aromatic rings. The molecule has 2 heterocycles. The number of nitrogens with one attached hydrogen (secondary N) is 2. The Morgan fingerprint density at radius 2 is 2.23 bits per heavy atom. The first-order valence-corrected chi connectivity index (χ1v) is 8.20. The second-order valence-corrected chi connectivity index (χ2v) is 6.20. The van der Waals surface area contributed by atoms with Crippen LogP contribution in [0.3, 0.4) is 0 Å². The maximum atomic E-state index is 5.52. The standard InChI is InChI=1S/C14H16BrN3O3S/c15-11-5-13-12(20-8-21-13)4-9(11)6-17-18-14(22)16-7-10-2-1-3-19-10/h4-6,10H,1-3,7-8H2,(H2,16,18,22)/b17-6+. The molecular weight excluding hydrogens is 370 g/mol. The first-order valence-electron chi connectivity index (χ1n) is 7.00. The van der Waals surface area contributed by atoms with Crippen molar-refractivity contribution in [3.63, 3.8) is 0 Å². The SMILES string of the molecule is S=C(NCC1CCCO1)N/N=C/c1cc2c(cc1Br)OCO2. The number of rotatable bonds is 4. The fourth-order valence-electron chi connectivity index (χ4n) is 2.24. The number of halogens is 1. The van der Waals surface area contributed by atoms with E-state index in [2.05, 4.69) is 31.8 Å². The fourth-order valence-corrected chi connectivity index (χ4v) is 2.80. The second kappa shape index (κ2) is 7.26. The molecule has 0 saturated carbocycles. The second-order valence-electron chi connectivity index (χ2n) is 4.94. The van der Waals surface area contributed by atoms with Crippen LogP contribution in [0.15, 0.2) is 21.7 Å². The molecule has 0 aromatic heterocycles. The molecule has 1 atom stereocenters. The van der Waals surface area contributed by atoms with E-state index in [-0.39, 0.29) is 12.9 Å². The third-order valence-corrected chi connectivity index (χ3v) is 4.30. The van der Waals surface area contributed by atoms with Gasteiger partial charge in [0.15, 0.2) is 16.6 Å². The van der Waals surface area contributed by atoms with Crippen LogP contribution in [0.4, 0.5) is 0 Å². The molecule has 0 radical (unpaired) electrons. The number of nitrogens with zero attached hydrogens (tertiary/aromatic N) is 1. The Kier molecular flexibility index (Phi) is 5.12. The van der Waals surface area contributed by atoms with Crippen LogP contribution in [-0.4, -0.2) is 37.4 Å². The molecule has 2 aliphatic heterocycles. The van der Waals surface area contributed by atoms with Crippen molar-refractivity contribution in [1.82, 2.24) is 10.7 Å². The van der Waals surface area contributed by atoms with E-state index in [0.29, 0.717) is 17.4 Å². The van der Waals surface area contributed by atoms with E-state index in [9.17, 15) is 0 Å². The van der Waals surface area contributed by atoms with E-state index in [0.717, 1.165) is 35.2 Å². The van der Waals surface area contributed by atoms with Gasteiger partial charge in [-0.05, 0) is 53.1 Å². The van der Waals surface area contributed by atoms with E-state index in [4.69, 9.17) is 26.4 Å². The average Bonchev–Trinajstić information content (AvgIpc) is 3.16. The van der Waals surface area contributed by atoms with Crippen molar-refractivity contribution in [2.75, 3.05) is 19.9 Å². The summed E-state index contributed by atoms with van der Waals surface area (Å²) in [6.07, 6.45) is 4.10. The van der Waals surface area contributed by atoms with Gasteiger partial charge in [-0.1, -0.05) is 0 Å². The van der Waals surface area contributed by atoms with Gasteiger partial charge in [0, 0.05) is 23.2 Å². The zero-order valence-corrected chi connectivity index (χ0v) is 14.2. The van der Waals surface area contributed by atoms with Crippen molar-refractivity contribution >= 4 is 39.5 Å². The summed E-state index contributed by atoms with van der Waals surface area (Å²) in [6.45, 7) is 1.79. The molecule has 0 bridgehead atoms. The van der Waals surface area contributed by atoms with Gasteiger partial charge in [0.05, 0.1) is 12.3 Å². The normalized spacial score (nSPS) is 19.6. The van der Waals surface area contributed by atoms with Gasteiger partial charge in [-0.25, -0.2) is 0 Å². The zero-order chi connectivity index (χ0) is 15.4. The number of hydrazone groups is 1. The predicted octanol–water partition coefficient (Wildman–Crippen LogP) is 2.15. The summed E-state index contributed by atoms with van der Waals surface area (Å²) < 4.78 is 17.0. The summed E-state index contributed by atoms with van der Waals surface area (Å²) in [5.41, 5.74) is 3.67. The quantitative estimate of drug-likeness (QED) is 0.470. The van der Waals surface area contributed by atoms with Crippen molar-refractivity contribution in [3.05, 3.63) is 22.2 Å². The molecule has 2 aliphatic rings. The Balaban J connectivity index is 1.50. The maximum Gasteiger partial charge on any atom is 0.231 e. The topological polar surface area (TPSA) is 64.1 Å². The molecule has 1 unspecified atom stereocenters. The Morgan fingerprint density at radius 3 is 3.00 bits per heavy atom. The lowest BCUT2D eigenvalue weighted by Crippen LogP contribution is -2.37. The molecule has 118 valence electrons. The van der Waals surface area contributed by atoms with Gasteiger partial charge in [-0.3, -0.25) is 5.43 Å². The first-order chi connectivity index (χ1) is 10.7. The van der Waals surface area contributed by atoms with Crippen molar-refractivity contribution in [2.45, 2.75) is 18.9 Å². The third kappa shape index (κ3) is 3.88. The highest BCUT2D eigenvalue weighted by Crippen LogP contribution is 2.36. The Hall–Kier alpha value is -1.38. The lowest BCUT2D eigenvalue weighted by Gasteiger charge is -2.11. The van der Waals surface area contributed by atoms with Gasteiger partial charge < -0.3 is 19.5 Å². The van der Waals surface area contributed by atoms with Crippen LogP contribution in [0.1, 0.15) is 18.4 Å². The molecule has 1 fully saturated rings.